The maximum Gasteiger partial charge on any atom is 0.228 e. The highest BCUT2D eigenvalue weighted by Gasteiger charge is 2.10. The summed E-state index contributed by atoms with van der Waals surface area (Å²) < 4.78 is 41.4. The molecule has 12 heavy (non-hydrogen) atoms. The molecule has 0 unspecified atom stereocenters. The van der Waals surface area contributed by atoms with Crippen molar-refractivity contribution in [1.29, 1.82) is 0 Å². The van der Waals surface area contributed by atoms with Crippen LogP contribution in [0.25, 0.3) is 0 Å². The summed E-state index contributed by atoms with van der Waals surface area (Å²) in [6.45, 7) is 0.157. The molecule has 0 spiro atoms. The summed E-state index contributed by atoms with van der Waals surface area (Å²) >= 11 is 0. The lowest BCUT2D eigenvalue weighted by atomic mass is 10.2. The van der Waals surface area contributed by atoms with E-state index in [-0.39, 0.29) is 11.3 Å². The third kappa shape index (κ3) is 1.52. The van der Waals surface area contributed by atoms with Crippen LogP contribution in [0.3, 0.4) is 0 Å². The second-order valence-electron chi connectivity index (χ2n) is 2.24. The van der Waals surface area contributed by atoms with Gasteiger partial charge in [0.1, 0.15) is 5.82 Å². The number of alkyl halides is 1. The average Bonchev–Trinajstić information content (AvgIpc) is 2.06. The molecule has 0 fully saturated rings. The molecule has 1 aromatic rings. The standard InChI is InChI=1S/C8H7F3O/c1-5-6(10)2-3-7(11)8(5)12-4-9/h2-3H,4H2,1H3. The first-order valence-corrected chi connectivity index (χ1v) is 3.30. The molecule has 4 heteroatoms. The summed E-state index contributed by atoms with van der Waals surface area (Å²) in [5.74, 6) is -1.73. The van der Waals surface area contributed by atoms with Gasteiger partial charge in [-0.15, -0.1) is 0 Å². The van der Waals surface area contributed by atoms with Crippen molar-refractivity contribution < 1.29 is 17.9 Å². The lowest BCUT2D eigenvalue weighted by Crippen LogP contribution is -1.98. The zero-order valence-corrected chi connectivity index (χ0v) is 6.40. The molecular formula is C8H7F3O. The second kappa shape index (κ2) is 3.47. The molecule has 1 rings (SSSR count). The van der Waals surface area contributed by atoms with E-state index < -0.39 is 18.5 Å². The Bertz CT molecular complexity index is 286. The normalized spacial score (nSPS) is 10.0. The molecule has 0 heterocycles. The van der Waals surface area contributed by atoms with Crippen LogP contribution in [0.15, 0.2) is 12.1 Å². The first-order valence-electron chi connectivity index (χ1n) is 3.30. The van der Waals surface area contributed by atoms with Gasteiger partial charge in [0, 0.05) is 5.56 Å². The van der Waals surface area contributed by atoms with E-state index in [2.05, 4.69) is 4.74 Å². The highest BCUT2D eigenvalue weighted by molar-refractivity contribution is 5.34. The van der Waals surface area contributed by atoms with Gasteiger partial charge in [-0.3, -0.25) is 0 Å². The Morgan fingerprint density at radius 1 is 1.25 bits per heavy atom. The van der Waals surface area contributed by atoms with Gasteiger partial charge in [-0.05, 0) is 19.1 Å². The summed E-state index contributed by atoms with van der Waals surface area (Å²) in [5, 5.41) is 0. The number of hydrogen-bond donors (Lipinski definition) is 0. The van der Waals surface area contributed by atoms with Crippen LogP contribution in [0.5, 0.6) is 5.75 Å². The molecule has 0 bridgehead atoms. The van der Waals surface area contributed by atoms with Gasteiger partial charge in [0.2, 0.25) is 6.86 Å². The molecule has 66 valence electrons. The van der Waals surface area contributed by atoms with E-state index in [0.29, 0.717) is 0 Å². The van der Waals surface area contributed by atoms with Crippen molar-refractivity contribution in [2.24, 2.45) is 0 Å². The maximum absolute atomic E-state index is 12.8. The van der Waals surface area contributed by atoms with Gasteiger partial charge in [0.15, 0.2) is 11.6 Å². The molecule has 0 aliphatic carbocycles. The first-order chi connectivity index (χ1) is 5.66. The van der Waals surface area contributed by atoms with Crippen LogP contribution in [0, 0.1) is 18.6 Å². The third-order valence-corrected chi connectivity index (χ3v) is 1.49. The van der Waals surface area contributed by atoms with E-state index in [4.69, 9.17) is 0 Å². The highest BCUT2D eigenvalue weighted by atomic mass is 19.1. The summed E-state index contributed by atoms with van der Waals surface area (Å²) in [7, 11) is 0. The van der Waals surface area contributed by atoms with Crippen LogP contribution in [0.4, 0.5) is 13.2 Å². The van der Waals surface area contributed by atoms with Gasteiger partial charge in [-0.2, -0.15) is 0 Å². The lowest BCUT2D eigenvalue weighted by Gasteiger charge is -2.06. The van der Waals surface area contributed by atoms with Gasteiger partial charge in [0.25, 0.3) is 0 Å². The molecule has 0 atom stereocenters. The van der Waals surface area contributed by atoms with Gasteiger partial charge in [-0.1, -0.05) is 0 Å². The van der Waals surface area contributed by atoms with Crippen molar-refractivity contribution in [3.8, 4) is 5.75 Å². The van der Waals surface area contributed by atoms with E-state index in [0.717, 1.165) is 12.1 Å². The maximum atomic E-state index is 12.8. The van der Waals surface area contributed by atoms with Crippen LogP contribution in [0.2, 0.25) is 0 Å². The largest absolute Gasteiger partial charge is 0.459 e. The first kappa shape index (κ1) is 8.90. The predicted octanol–water partition coefficient (Wildman–Crippen LogP) is 2.58. The zero-order valence-electron chi connectivity index (χ0n) is 6.40. The molecule has 0 aromatic heterocycles. The van der Waals surface area contributed by atoms with Crippen molar-refractivity contribution in [2.75, 3.05) is 6.86 Å². The van der Waals surface area contributed by atoms with Gasteiger partial charge in [-0.25, -0.2) is 13.2 Å². The predicted molar refractivity (Wildman–Crippen MR) is 37.7 cm³/mol. The van der Waals surface area contributed by atoms with Crippen molar-refractivity contribution in [1.82, 2.24) is 0 Å². The SMILES string of the molecule is Cc1c(F)ccc(F)c1OCF. The number of benzene rings is 1. The Morgan fingerprint density at radius 3 is 2.42 bits per heavy atom. The smallest absolute Gasteiger partial charge is 0.228 e. The Morgan fingerprint density at radius 2 is 1.83 bits per heavy atom. The fourth-order valence-electron chi connectivity index (χ4n) is 0.866. The lowest BCUT2D eigenvalue weighted by molar-refractivity contribution is 0.182. The van der Waals surface area contributed by atoms with Crippen LogP contribution < -0.4 is 4.74 Å². The molecule has 0 saturated carbocycles. The molecule has 0 aliphatic rings. The number of halogens is 3. The van der Waals surface area contributed by atoms with Crippen molar-refractivity contribution in [3.63, 3.8) is 0 Å². The quantitative estimate of drug-likeness (QED) is 0.672. The summed E-state index contributed by atoms with van der Waals surface area (Å²) in [6, 6.07) is 1.86. The van der Waals surface area contributed by atoms with Gasteiger partial charge < -0.3 is 4.74 Å². The second-order valence-corrected chi connectivity index (χ2v) is 2.24. The van der Waals surface area contributed by atoms with E-state index in [9.17, 15) is 13.2 Å². The summed E-state index contributed by atoms with van der Waals surface area (Å²) in [4.78, 5) is 0. The fourth-order valence-corrected chi connectivity index (χ4v) is 0.866. The van der Waals surface area contributed by atoms with Gasteiger partial charge in [0.05, 0.1) is 0 Å². The van der Waals surface area contributed by atoms with Gasteiger partial charge >= 0.3 is 0 Å². The molecule has 0 radical (unpaired) electrons. The highest BCUT2D eigenvalue weighted by Crippen LogP contribution is 2.24. The number of rotatable bonds is 2. The van der Waals surface area contributed by atoms with E-state index in [1.54, 1.807) is 0 Å². The Labute approximate surface area is 67.8 Å². The minimum absolute atomic E-state index is 0.0207. The minimum atomic E-state index is -1.17. The number of ether oxygens (including phenoxy) is 1. The number of hydrogen-bond acceptors (Lipinski definition) is 1. The van der Waals surface area contributed by atoms with Crippen LogP contribution >= 0.6 is 0 Å². The molecule has 0 amide bonds. The molecule has 0 N–H and O–H groups in total. The van der Waals surface area contributed by atoms with E-state index in [1.807, 2.05) is 0 Å². The monoisotopic (exact) mass is 176 g/mol. The van der Waals surface area contributed by atoms with Crippen molar-refractivity contribution >= 4 is 0 Å². The molecule has 0 aliphatic heterocycles. The Balaban J connectivity index is 3.14. The third-order valence-electron chi connectivity index (χ3n) is 1.49. The summed E-state index contributed by atoms with van der Waals surface area (Å²) in [6.07, 6.45) is 0. The van der Waals surface area contributed by atoms with E-state index >= 15 is 0 Å². The molecule has 1 aromatic carbocycles. The van der Waals surface area contributed by atoms with Crippen molar-refractivity contribution in [3.05, 3.63) is 29.3 Å². The fraction of sp³-hybridized carbons (Fsp3) is 0.250. The topological polar surface area (TPSA) is 9.23 Å². The Kier molecular flexibility index (Phi) is 2.58. The molecule has 0 saturated heterocycles. The molecular weight excluding hydrogens is 169 g/mol. The zero-order chi connectivity index (χ0) is 9.14. The van der Waals surface area contributed by atoms with Crippen molar-refractivity contribution in [2.45, 2.75) is 6.92 Å². The van der Waals surface area contributed by atoms with E-state index in [1.165, 1.54) is 6.92 Å². The van der Waals surface area contributed by atoms with Crippen LogP contribution in [-0.4, -0.2) is 6.86 Å². The Hall–Kier alpha value is -1.19. The molecule has 1 nitrogen and oxygen atoms in total. The van der Waals surface area contributed by atoms with Crippen LogP contribution in [-0.2, 0) is 0 Å². The average molecular weight is 176 g/mol. The summed E-state index contributed by atoms with van der Waals surface area (Å²) in [5.41, 5.74) is -0.0207. The minimum Gasteiger partial charge on any atom is -0.459 e. The van der Waals surface area contributed by atoms with Crippen LogP contribution in [0.1, 0.15) is 5.56 Å².